The molecule has 1 heterocycles. The minimum atomic E-state index is -3.71. The molecular formula is C12H15N3O4S2. The summed E-state index contributed by atoms with van der Waals surface area (Å²) in [6, 6.07) is 5.12. The average molecular weight is 329 g/mol. The maximum atomic E-state index is 12.1. The lowest BCUT2D eigenvalue weighted by Gasteiger charge is -2.17. The van der Waals surface area contributed by atoms with E-state index in [-0.39, 0.29) is 13.0 Å². The fraction of sp³-hybridized carbons (Fsp3) is 0.333. The highest BCUT2D eigenvalue weighted by Crippen LogP contribution is 2.22. The van der Waals surface area contributed by atoms with Crippen LogP contribution in [0.15, 0.2) is 23.7 Å². The summed E-state index contributed by atoms with van der Waals surface area (Å²) in [5.74, 6) is -0.455. The fourth-order valence-electron chi connectivity index (χ4n) is 1.62. The lowest BCUT2D eigenvalue weighted by atomic mass is 10.3. The van der Waals surface area contributed by atoms with Gasteiger partial charge in [-0.1, -0.05) is 0 Å². The summed E-state index contributed by atoms with van der Waals surface area (Å²) in [6.45, 7) is 0.0464. The Morgan fingerprint density at radius 3 is 2.95 bits per heavy atom. The van der Waals surface area contributed by atoms with Crippen LogP contribution in [0, 0.1) is 0 Å². The average Bonchev–Trinajstić information content (AvgIpc) is 2.91. The molecule has 9 heteroatoms. The first-order valence-corrected chi connectivity index (χ1v) is 8.38. The molecule has 114 valence electrons. The molecule has 0 spiro atoms. The second kappa shape index (κ2) is 6.37. The number of anilines is 1. The van der Waals surface area contributed by atoms with Crippen LogP contribution in [0.4, 0.5) is 5.69 Å². The van der Waals surface area contributed by atoms with Gasteiger partial charge in [-0.25, -0.2) is 4.98 Å². The molecule has 1 aromatic heterocycles. The van der Waals surface area contributed by atoms with E-state index in [0.717, 1.165) is 14.5 Å². The van der Waals surface area contributed by atoms with Crippen LogP contribution >= 0.6 is 11.3 Å². The van der Waals surface area contributed by atoms with Crippen molar-refractivity contribution in [3.8, 4) is 0 Å². The normalized spacial score (nSPS) is 11.8. The quantitative estimate of drug-likeness (QED) is 0.810. The van der Waals surface area contributed by atoms with E-state index in [1.807, 2.05) is 0 Å². The number of esters is 1. The summed E-state index contributed by atoms with van der Waals surface area (Å²) in [5, 5.41) is 0. The van der Waals surface area contributed by atoms with Gasteiger partial charge in [0.15, 0.2) is 0 Å². The van der Waals surface area contributed by atoms with Gasteiger partial charge in [0.05, 0.1) is 34.9 Å². The lowest BCUT2D eigenvalue weighted by Crippen LogP contribution is -2.34. The molecule has 0 saturated carbocycles. The van der Waals surface area contributed by atoms with Gasteiger partial charge < -0.3 is 4.74 Å². The number of nitrogens with one attached hydrogen (secondary N) is 1. The van der Waals surface area contributed by atoms with E-state index in [2.05, 4.69) is 14.4 Å². The zero-order chi connectivity index (χ0) is 15.5. The predicted octanol–water partition coefficient (Wildman–Crippen LogP) is 1.45. The number of hydrogen-bond donors (Lipinski definition) is 1. The number of aromatic nitrogens is 1. The van der Waals surface area contributed by atoms with E-state index in [1.165, 1.54) is 25.5 Å². The third-order valence-electron chi connectivity index (χ3n) is 2.85. The first kappa shape index (κ1) is 15.7. The van der Waals surface area contributed by atoms with Crippen LogP contribution in [0.5, 0.6) is 0 Å². The van der Waals surface area contributed by atoms with Gasteiger partial charge in [0.25, 0.3) is 0 Å². The summed E-state index contributed by atoms with van der Waals surface area (Å²) >= 11 is 1.43. The van der Waals surface area contributed by atoms with E-state index < -0.39 is 16.2 Å². The maximum absolute atomic E-state index is 12.1. The lowest BCUT2D eigenvalue weighted by molar-refractivity contribution is -0.140. The van der Waals surface area contributed by atoms with Gasteiger partial charge in [0, 0.05) is 13.6 Å². The molecule has 1 aromatic carbocycles. The molecule has 0 fully saturated rings. The van der Waals surface area contributed by atoms with Crippen molar-refractivity contribution >= 4 is 43.4 Å². The van der Waals surface area contributed by atoms with Gasteiger partial charge >= 0.3 is 16.2 Å². The highest BCUT2D eigenvalue weighted by molar-refractivity contribution is 7.90. The third kappa shape index (κ3) is 3.90. The Balaban J connectivity index is 2.07. The molecule has 2 rings (SSSR count). The standard InChI is InChI=1S/C12H15N3O4S2/c1-15(6-5-12(16)19-2)21(17,18)14-9-3-4-10-11(7-9)20-8-13-10/h3-4,7-8,14H,5-6H2,1-2H3. The predicted molar refractivity (Wildman–Crippen MR) is 81.4 cm³/mol. The van der Waals surface area contributed by atoms with Crippen LogP contribution in [-0.2, 0) is 19.7 Å². The van der Waals surface area contributed by atoms with Crippen molar-refractivity contribution in [2.24, 2.45) is 0 Å². The van der Waals surface area contributed by atoms with Gasteiger partial charge in [-0.15, -0.1) is 11.3 Å². The molecule has 1 N–H and O–H groups in total. The number of ether oxygens (including phenoxy) is 1. The summed E-state index contributed by atoms with van der Waals surface area (Å²) < 4.78 is 33.2. The number of carbonyl (C=O) groups excluding carboxylic acids is 1. The van der Waals surface area contributed by atoms with Gasteiger partial charge in [-0.2, -0.15) is 12.7 Å². The number of thiazole rings is 1. The summed E-state index contributed by atoms with van der Waals surface area (Å²) in [5.41, 5.74) is 2.98. The Morgan fingerprint density at radius 2 is 2.24 bits per heavy atom. The molecule has 0 bridgehead atoms. The molecule has 0 saturated heterocycles. The van der Waals surface area contributed by atoms with Crippen LogP contribution in [0.3, 0.4) is 0 Å². The molecule has 0 unspecified atom stereocenters. The molecule has 7 nitrogen and oxygen atoms in total. The Morgan fingerprint density at radius 1 is 1.48 bits per heavy atom. The molecular weight excluding hydrogens is 314 g/mol. The second-order valence-corrected chi connectivity index (χ2v) is 6.95. The van der Waals surface area contributed by atoms with Crippen molar-refractivity contribution < 1.29 is 17.9 Å². The third-order valence-corrected chi connectivity index (χ3v) is 5.14. The molecule has 0 aliphatic heterocycles. The van der Waals surface area contributed by atoms with Gasteiger partial charge in [0.2, 0.25) is 0 Å². The van der Waals surface area contributed by atoms with Crippen LogP contribution in [0.2, 0.25) is 0 Å². The molecule has 0 atom stereocenters. The number of fused-ring (bicyclic) bond motifs is 1. The minimum Gasteiger partial charge on any atom is -0.469 e. The van der Waals surface area contributed by atoms with E-state index in [1.54, 1.807) is 23.7 Å². The second-order valence-electron chi connectivity index (χ2n) is 4.29. The SMILES string of the molecule is COC(=O)CCN(C)S(=O)(=O)Nc1ccc2ncsc2c1. The van der Waals surface area contributed by atoms with Crippen molar-refractivity contribution in [3.63, 3.8) is 0 Å². The van der Waals surface area contributed by atoms with Crippen molar-refractivity contribution in [3.05, 3.63) is 23.7 Å². The van der Waals surface area contributed by atoms with Gasteiger partial charge in [-0.05, 0) is 18.2 Å². The largest absolute Gasteiger partial charge is 0.469 e. The van der Waals surface area contributed by atoms with E-state index >= 15 is 0 Å². The first-order valence-electron chi connectivity index (χ1n) is 6.06. The van der Waals surface area contributed by atoms with Gasteiger partial charge in [-0.3, -0.25) is 9.52 Å². The number of hydrogen-bond acceptors (Lipinski definition) is 6. The van der Waals surface area contributed by atoms with Crippen molar-refractivity contribution in [2.75, 3.05) is 25.4 Å². The number of carbonyl (C=O) groups is 1. The zero-order valence-electron chi connectivity index (χ0n) is 11.6. The Kier molecular flexibility index (Phi) is 4.76. The number of rotatable bonds is 6. The van der Waals surface area contributed by atoms with Crippen LogP contribution < -0.4 is 4.72 Å². The smallest absolute Gasteiger partial charge is 0.306 e. The van der Waals surface area contributed by atoms with E-state index in [9.17, 15) is 13.2 Å². The van der Waals surface area contributed by atoms with Crippen LogP contribution in [0.25, 0.3) is 10.2 Å². The summed E-state index contributed by atoms with van der Waals surface area (Å²) in [6.07, 6.45) is 0.00178. The Bertz CT molecular complexity index is 742. The van der Waals surface area contributed by atoms with Crippen LogP contribution in [0.1, 0.15) is 6.42 Å². The fourth-order valence-corrected chi connectivity index (χ4v) is 3.25. The van der Waals surface area contributed by atoms with E-state index in [4.69, 9.17) is 0 Å². The summed E-state index contributed by atoms with van der Waals surface area (Å²) in [7, 11) is -1.05. The molecule has 2 aromatic rings. The van der Waals surface area contributed by atoms with Crippen molar-refractivity contribution in [1.29, 1.82) is 0 Å². The monoisotopic (exact) mass is 329 g/mol. The number of nitrogens with zero attached hydrogens (tertiary/aromatic N) is 2. The van der Waals surface area contributed by atoms with Gasteiger partial charge in [0.1, 0.15) is 0 Å². The molecule has 0 aliphatic carbocycles. The number of methoxy groups -OCH3 is 1. The van der Waals surface area contributed by atoms with E-state index in [0.29, 0.717) is 5.69 Å². The Labute approximate surface area is 126 Å². The zero-order valence-corrected chi connectivity index (χ0v) is 13.2. The van der Waals surface area contributed by atoms with Crippen molar-refractivity contribution in [2.45, 2.75) is 6.42 Å². The minimum absolute atomic E-state index is 0.00178. The van der Waals surface area contributed by atoms with Crippen molar-refractivity contribution in [1.82, 2.24) is 9.29 Å². The topological polar surface area (TPSA) is 88.6 Å². The van der Waals surface area contributed by atoms with Crippen LogP contribution in [-0.4, -0.2) is 44.4 Å². The summed E-state index contributed by atoms with van der Waals surface area (Å²) in [4.78, 5) is 15.2. The maximum Gasteiger partial charge on any atom is 0.306 e. The molecule has 21 heavy (non-hydrogen) atoms. The first-order chi connectivity index (χ1) is 9.92. The molecule has 0 radical (unpaired) electrons. The highest BCUT2D eigenvalue weighted by atomic mass is 32.2. The Hall–Kier alpha value is -1.71. The number of benzene rings is 1. The highest BCUT2D eigenvalue weighted by Gasteiger charge is 2.18. The molecule has 0 aliphatic rings. The molecule has 0 amide bonds.